The molecule has 0 aliphatic heterocycles. The van der Waals surface area contributed by atoms with Gasteiger partial charge in [-0.1, -0.05) is 29.8 Å². The van der Waals surface area contributed by atoms with Gasteiger partial charge in [0, 0.05) is 23.3 Å². The number of imidazole rings is 1. The normalized spacial score (nSPS) is 11.4. The van der Waals surface area contributed by atoms with E-state index >= 15 is 0 Å². The maximum Gasteiger partial charge on any atom is 0.288 e. The Bertz CT molecular complexity index is 1020. The summed E-state index contributed by atoms with van der Waals surface area (Å²) in [6.45, 7) is 6.12. The van der Waals surface area contributed by atoms with Gasteiger partial charge < -0.3 is 10.6 Å². The minimum Gasteiger partial charge on any atom is -0.350 e. The average molecular weight is 399 g/mol. The Balaban J connectivity index is 1.78. The van der Waals surface area contributed by atoms with E-state index in [-0.39, 0.29) is 23.3 Å². The van der Waals surface area contributed by atoms with E-state index in [4.69, 9.17) is 11.6 Å². The van der Waals surface area contributed by atoms with Crippen LogP contribution in [0.5, 0.6) is 0 Å². The Morgan fingerprint density at radius 2 is 1.89 bits per heavy atom. The third-order valence-electron chi connectivity index (χ3n) is 4.04. The predicted octanol–water partition coefficient (Wildman–Crippen LogP) is 3.49. The fourth-order valence-corrected chi connectivity index (χ4v) is 3.07. The molecule has 3 aromatic rings. The molecular weight excluding hydrogens is 376 g/mol. The maximum absolute atomic E-state index is 12.7. The number of aromatic nitrogens is 2. The van der Waals surface area contributed by atoms with Crippen molar-refractivity contribution < 1.29 is 9.59 Å². The first-order valence-electron chi connectivity index (χ1n) is 9.07. The van der Waals surface area contributed by atoms with Gasteiger partial charge in [0.1, 0.15) is 0 Å². The van der Waals surface area contributed by atoms with E-state index in [1.165, 1.54) is 0 Å². The number of fused-ring (bicyclic) bond motifs is 1. The number of rotatable bonds is 5. The highest BCUT2D eigenvalue weighted by atomic mass is 35.5. The summed E-state index contributed by atoms with van der Waals surface area (Å²) in [7, 11) is 0. The minimum absolute atomic E-state index is 0.186. The molecule has 0 bridgehead atoms. The molecule has 0 atom stereocenters. The molecule has 2 heterocycles. The Kier molecular flexibility index (Phi) is 5.70. The van der Waals surface area contributed by atoms with Crippen molar-refractivity contribution in [3.63, 3.8) is 0 Å². The average Bonchev–Trinajstić information content (AvgIpc) is 3.00. The van der Waals surface area contributed by atoms with E-state index in [2.05, 4.69) is 15.6 Å². The van der Waals surface area contributed by atoms with Gasteiger partial charge in [-0.2, -0.15) is 0 Å². The zero-order valence-electron chi connectivity index (χ0n) is 16.1. The smallest absolute Gasteiger partial charge is 0.288 e. The van der Waals surface area contributed by atoms with Crippen molar-refractivity contribution in [2.45, 2.75) is 32.7 Å². The van der Waals surface area contributed by atoms with Crippen molar-refractivity contribution in [1.29, 1.82) is 0 Å². The molecule has 7 heteroatoms. The fraction of sp³-hybridized carbons (Fsp3) is 0.286. The van der Waals surface area contributed by atoms with Crippen molar-refractivity contribution in [2.24, 2.45) is 0 Å². The first kappa shape index (κ1) is 19.9. The highest BCUT2D eigenvalue weighted by Crippen LogP contribution is 2.15. The van der Waals surface area contributed by atoms with Gasteiger partial charge in [-0.15, -0.1) is 0 Å². The summed E-state index contributed by atoms with van der Waals surface area (Å²) in [4.78, 5) is 29.6. The van der Waals surface area contributed by atoms with Gasteiger partial charge in [0.15, 0.2) is 5.69 Å². The highest BCUT2D eigenvalue weighted by Gasteiger charge is 2.23. The lowest BCUT2D eigenvalue weighted by Gasteiger charge is -2.19. The second-order valence-electron chi connectivity index (χ2n) is 7.58. The zero-order valence-corrected chi connectivity index (χ0v) is 16.9. The number of benzene rings is 1. The predicted molar refractivity (Wildman–Crippen MR) is 110 cm³/mol. The van der Waals surface area contributed by atoms with Crippen LogP contribution in [0, 0.1) is 0 Å². The second-order valence-corrected chi connectivity index (χ2v) is 8.02. The molecule has 146 valence electrons. The molecule has 0 aliphatic rings. The van der Waals surface area contributed by atoms with Crippen LogP contribution in [0.15, 0.2) is 48.7 Å². The first-order chi connectivity index (χ1) is 13.2. The molecule has 0 aliphatic carbocycles. The van der Waals surface area contributed by atoms with Crippen molar-refractivity contribution in [3.05, 3.63) is 70.8 Å². The number of hydrogen-bond donors (Lipinski definition) is 2. The summed E-state index contributed by atoms with van der Waals surface area (Å²) >= 11 is 5.99. The molecule has 2 amide bonds. The highest BCUT2D eigenvalue weighted by molar-refractivity contribution is 6.30. The summed E-state index contributed by atoms with van der Waals surface area (Å²) in [5, 5.41) is 6.42. The zero-order chi connectivity index (χ0) is 20.3. The lowest BCUT2D eigenvalue weighted by Crippen LogP contribution is -2.41. The Labute approximate surface area is 168 Å². The lowest BCUT2D eigenvalue weighted by atomic mass is 10.1. The molecular formula is C21H23ClN4O2. The van der Waals surface area contributed by atoms with Crippen LogP contribution in [0.4, 0.5) is 0 Å². The summed E-state index contributed by atoms with van der Waals surface area (Å²) in [5.41, 5.74) is 1.44. The molecule has 2 N–H and O–H groups in total. The molecule has 0 saturated heterocycles. The SMILES string of the molecule is CC(C)(C)NC(=O)c1nc(C(=O)NCCc2cccc(Cl)c2)c2ccccn12. The molecule has 3 rings (SSSR count). The fourth-order valence-electron chi connectivity index (χ4n) is 2.86. The van der Waals surface area contributed by atoms with E-state index in [9.17, 15) is 9.59 Å². The van der Waals surface area contributed by atoms with Gasteiger partial charge in [0.2, 0.25) is 5.82 Å². The summed E-state index contributed by atoms with van der Waals surface area (Å²) in [5.74, 6) is -0.460. The largest absolute Gasteiger partial charge is 0.350 e. The van der Waals surface area contributed by atoms with Crippen LogP contribution < -0.4 is 10.6 Å². The van der Waals surface area contributed by atoms with E-state index in [0.29, 0.717) is 23.5 Å². The van der Waals surface area contributed by atoms with Gasteiger partial charge in [-0.25, -0.2) is 4.98 Å². The van der Waals surface area contributed by atoms with Crippen LogP contribution in [0.3, 0.4) is 0 Å². The van der Waals surface area contributed by atoms with Crippen molar-refractivity contribution in [2.75, 3.05) is 6.54 Å². The van der Waals surface area contributed by atoms with Crippen molar-refractivity contribution >= 4 is 28.9 Å². The number of halogens is 1. The molecule has 6 nitrogen and oxygen atoms in total. The standard InChI is InChI=1S/C21H23ClN4O2/c1-21(2,3)25-20(28)18-24-17(16-9-4-5-12-26(16)18)19(27)23-11-10-14-7-6-8-15(22)13-14/h4-9,12-13H,10-11H2,1-3H3,(H,23,27)(H,25,28). The lowest BCUT2D eigenvalue weighted by molar-refractivity contribution is 0.0908. The molecule has 0 fully saturated rings. The number of amides is 2. The molecule has 0 radical (unpaired) electrons. The third kappa shape index (κ3) is 4.70. The van der Waals surface area contributed by atoms with E-state index in [0.717, 1.165) is 5.56 Å². The third-order valence-corrected chi connectivity index (χ3v) is 4.28. The number of nitrogens with zero attached hydrogens (tertiary/aromatic N) is 2. The van der Waals surface area contributed by atoms with Crippen molar-refractivity contribution in [3.8, 4) is 0 Å². The van der Waals surface area contributed by atoms with Crippen LogP contribution in [-0.2, 0) is 6.42 Å². The number of pyridine rings is 1. The quantitative estimate of drug-likeness (QED) is 0.690. The summed E-state index contributed by atoms with van der Waals surface area (Å²) in [6.07, 6.45) is 2.37. The van der Waals surface area contributed by atoms with Crippen LogP contribution in [0.2, 0.25) is 5.02 Å². The Hall–Kier alpha value is -2.86. The number of carbonyl (C=O) groups is 2. The Morgan fingerprint density at radius 1 is 1.11 bits per heavy atom. The molecule has 0 saturated carbocycles. The summed E-state index contributed by atoms with van der Waals surface area (Å²) < 4.78 is 1.63. The number of nitrogens with one attached hydrogen (secondary N) is 2. The molecule has 1 aromatic carbocycles. The van der Waals surface area contributed by atoms with E-state index < -0.39 is 5.54 Å². The van der Waals surface area contributed by atoms with Crippen LogP contribution in [0.1, 0.15) is 47.4 Å². The van der Waals surface area contributed by atoms with Gasteiger partial charge in [0.25, 0.3) is 11.8 Å². The monoisotopic (exact) mass is 398 g/mol. The summed E-state index contributed by atoms with van der Waals surface area (Å²) in [6, 6.07) is 12.9. The second kappa shape index (κ2) is 8.02. The maximum atomic E-state index is 12.7. The Morgan fingerprint density at radius 3 is 2.61 bits per heavy atom. The molecule has 0 unspecified atom stereocenters. The minimum atomic E-state index is -0.406. The van der Waals surface area contributed by atoms with E-state index in [1.54, 1.807) is 22.7 Å². The van der Waals surface area contributed by atoms with Crippen LogP contribution >= 0.6 is 11.6 Å². The van der Waals surface area contributed by atoms with Gasteiger partial charge in [0.05, 0.1) is 5.52 Å². The van der Waals surface area contributed by atoms with Crippen LogP contribution in [0.25, 0.3) is 5.52 Å². The number of carbonyl (C=O) groups excluding carboxylic acids is 2. The van der Waals surface area contributed by atoms with Crippen LogP contribution in [-0.4, -0.2) is 33.3 Å². The van der Waals surface area contributed by atoms with Gasteiger partial charge in [-0.05, 0) is 57.0 Å². The van der Waals surface area contributed by atoms with E-state index in [1.807, 2.05) is 51.1 Å². The van der Waals surface area contributed by atoms with Gasteiger partial charge in [-0.3, -0.25) is 14.0 Å². The topological polar surface area (TPSA) is 75.5 Å². The molecule has 2 aromatic heterocycles. The van der Waals surface area contributed by atoms with Crippen molar-refractivity contribution in [1.82, 2.24) is 20.0 Å². The molecule has 28 heavy (non-hydrogen) atoms. The molecule has 0 spiro atoms. The van der Waals surface area contributed by atoms with Gasteiger partial charge >= 0.3 is 0 Å². The number of hydrogen-bond acceptors (Lipinski definition) is 3. The first-order valence-corrected chi connectivity index (χ1v) is 9.44.